The van der Waals surface area contributed by atoms with E-state index in [9.17, 15) is 18.4 Å². The van der Waals surface area contributed by atoms with Gasteiger partial charge in [0, 0.05) is 18.2 Å². The average molecular weight is 390 g/mol. The first-order valence-corrected chi connectivity index (χ1v) is 8.45. The quantitative estimate of drug-likeness (QED) is 0.644. The lowest BCUT2D eigenvalue weighted by molar-refractivity contribution is -0.116. The number of carbonyl (C=O) groups excluding carboxylic acids is 2. The van der Waals surface area contributed by atoms with Crippen LogP contribution in [0.2, 0.25) is 0 Å². The van der Waals surface area contributed by atoms with Gasteiger partial charge in [0.2, 0.25) is 11.8 Å². The van der Waals surface area contributed by atoms with Gasteiger partial charge in [0.05, 0.1) is 6.61 Å². The predicted octanol–water partition coefficient (Wildman–Crippen LogP) is 3.12. The normalized spacial score (nSPS) is 10.9. The molecule has 2 aromatic carbocycles. The Morgan fingerprint density at radius 1 is 1.18 bits per heavy atom. The van der Waals surface area contributed by atoms with Gasteiger partial charge in [-0.2, -0.15) is 8.78 Å². The largest absolute Gasteiger partial charge is 0.490 e. The molecule has 2 amide bonds. The summed E-state index contributed by atoms with van der Waals surface area (Å²) in [4.78, 5) is 23.2. The number of halogens is 2. The number of benzene rings is 2. The maximum absolute atomic E-state index is 12.4. The number of nitrogens with one attached hydrogen (secondary N) is 1. The third-order valence-corrected chi connectivity index (χ3v) is 3.59. The molecule has 28 heavy (non-hydrogen) atoms. The Kier molecular flexibility index (Phi) is 7.50. The van der Waals surface area contributed by atoms with Crippen molar-refractivity contribution in [3.8, 4) is 11.5 Å². The number of alkyl halides is 2. The number of primary amides is 1. The van der Waals surface area contributed by atoms with Crippen LogP contribution < -0.4 is 20.5 Å². The smallest absolute Gasteiger partial charge is 0.387 e. The molecule has 0 saturated heterocycles. The SMILES string of the molecule is CCOc1cc(/C=C/C(=O)NCc2cccc(C(N)=O)c2)ccc1OC(F)F. The van der Waals surface area contributed by atoms with Gasteiger partial charge in [-0.05, 0) is 48.4 Å². The number of nitrogens with two attached hydrogens (primary N) is 1. The van der Waals surface area contributed by atoms with Crippen LogP contribution in [-0.2, 0) is 11.3 Å². The molecule has 0 radical (unpaired) electrons. The van der Waals surface area contributed by atoms with Crippen LogP contribution in [0.4, 0.5) is 8.78 Å². The summed E-state index contributed by atoms with van der Waals surface area (Å²) >= 11 is 0. The molecule has 0 unspecified atom stereocenters. The number of carbonyl (C=O) groups is 2. The summed E-state index contributed by atoms with van der Waals surface area (Å²) in [6.07, 6.45) is 2.82. The lowest BCUT2D eigenvalue weighted by Gasteiger charge is -2.11. The number of ether oxygens (including phenoxy) is 2. The Hall–Kier alpha value is -3.42. The monoisotopic (exact) mass is 390 g/mol. The fourth-order valence-corrected chi connectivity index (χ4v) is 2.34. The summed E-state index contributed by atoms with van der Waals surface area (Å²) in [5, 5.41) is 2.68. The molecule has 0 aromatic heterocycles. The van der Waals surface area contributed by atoms with Crippen LogP contribution in [0.1, 0.15) is 28.4 Å². The van der Waals surface area contributed by atoms with Crippen LogP contribution in [0.25, 0.3) is 6.08 Å². The zero-order valence-electron chi connectivity index (χ0n) is 15.2. The molecule has 0 bridgehead atoms. The summed E-state index contributed by atoms with van der Waals surface area (Å²) in [5.74, 6) is -0.825. The summed E-state index contributed by atoms with van der Waals surface area (Å²) in [5.41, 5.74) is 6.89. The van der Waals surface area contributed by atoms with Crippen molar-refractivity contribution in [3.05, 3.63) is 65.2 Å². The van der Waals surface area contributed by atoms with Gasteiger partial charge in [-0.15, -0.1) is 0 Å². The first-order valence-electron chi connectivity index (χ1n) is 8.45. The summed E-state index contributed by atoms with van der Waals surface area (Å²) in [6, 6.07) is 11.0. The molecule has 3 N–H and O–H groups in total. The molecular weight excluding hydrogens is 370 g/mol. The fourth-order valence-electron chi connectivity index (χ4n) is 2.34. The summed E-state index contributed by atoms with van der Waals surface area (Å²) in [6.45, 7) is -0.748. The van der Waals surface area contributed by atoms with E-state index < -0.39 is 12.5 Å². The van der Waals surface area contributed by atoms with Gasteiger partial charge in [-0.25, -0.2) is 0 Å². The second-order valence-corrected chi connectivity index (χ2v) is 5.63. The third-order valence-electron chi connectivity index (χ3n) is 3.59. The Morgan fingerprint density at radius 2 is 1.96 bits per heavy atom. The molecule has 0 aliphatic carbocycles. The number of rotatable bonds is 9. The third kappa shape index (κ3) is 6.39. The zero-order chi connectivity index (χ0) is 20.5. The lowest BCUT2D eigenvalue weighted by Crippen LogP contribution is -2.20. The highest BCUT2D eigenvalue weighted by Crippen LogP contribution is 2.30. The van der Waals surface area contributed by atoms with Gasteiger partial charge in [0.1, 0.15) is 0 Å². The molecule has 0 aliphatic heterocycles. The predicted molar refractivity (Wildman–Crippen MR) is 100 cm³/mol. The highest BCUT2D eigenvalue weighted by atomic mass is 19.3. The van der Waals surface area contributed by atoms with Crippen molar-refractivity contribution in [2.24, 2.45) is 5.73 Å². The van der Waals surface area contributed by atoms with Crippen LogP contribution in [0.5, 0.6) is 11.5 Å². The molecule has 6 nitrogen and oxygen atoms in total. The van der Waals surface area contributed by atoms with Gasteiger partial charge in [0.25, 0.3) is 0 Å². The first-order chi connectivity index (χ1) is 13.4. The molecule has 0 atom stereocenters. The van der Waals surface area contributed by atoms with Crippen molar-refractivity contribution in [1.82, 2.24) is 5.32 Å². The van der Waals surface area contributed by atoms with E-state index in [0.29, 0.717) is 11.1 Å². The van der Waals surface area contributed by atoms with Crippen LogP contribution in [0.15, 0.2) is 48.5 Å². The van der Waals surface area contributed by atoms with Crippen LogP contribution in [-0.4, -0.2) is 25.0 Å². The van der Waals surface area contributed by atoms with Crippen molar-refractivity contribution < 1.29 is 27.8 Å². The van der Waals surface area contributed by atoms with Crippen molar-refractivity contribution >= 4 is 17.9 Å². The van der Waals surface area contributed by atoms with Crippen LogP contribution >= 0.6 is 0 Å². The minimum atomic E-state index is -2.96. The van der Waals surface area contributed by atoms with Crippen LogP contribution in [0.3, 0.4) is 0 Å². The van der Waals surface area contributed by atoms with E-state index in [1.54, 1.807) is 31.2 Å². The lowest BCUT2D eigenvalue weighted by atomic mass is 10.1. The van der Waals surface area contributed by atoms with E-state index in [4.69, 9.17) is 10.5 Å². The molecular formula is C20H20F2N2O4. The maximum atomic E-state index is 12.4. The van der Waals surface area contributed by atoms with Crippen molar-refractivity contribution in [2.75, 3.05) is 6.61 Å². The molecule has 148 valence electrons. The Morgan fingerprint density at radius 3 is 2.64 bits per heavy atom. The standard InChI is InChI=1S/C20H20F2N2O4/c1-2-27-17-11-13(6-8-16(17)28-20(21)22)7-9-18(25)24-12-14-4-3-5-15(10-14)19(23)26/h3-11,20H,2,12H2,1H3,(H2,23,26)(H,24,25)/b9-7+. The maximum Gasteiger partial charge on any atom is 0.387 e. The summed E-state index contributed by atoms with van der Waals surface area (Å²) in [7, 11) is 0. The topological polar surface area (TPSA) is 90.6 Å². The number of hydrogen-bond donors (Lipinski definition) is 2. The fraction of sp³-hybridized carbons (Fsp3) is 0.200. The average Bonchev–Trinajstić information content (AvgIpc) is 2.66. The first kappa shape index (κ1) is 20.9. The van der Waals surface area contributed by atoms with E-state index in [1.807, 2.05) is 0 Å². The molecule has 0 aliphatic rings. The Bertz CT molecular complexity index is 869. The van der Waals surface area contributed by atoms with Crippen molar-refractivity contribution in [3.63, 3.8) is 0 Å². The van der Waals surface area contributed by atoms with Gasteiger partial charge in [-0.3, -0.25) is 9.59 Å². The molecule has 0 heterocycles. The van der Waals surface area contributed by atoms with Crippen molar-refractivity contribution in [2.45, 2.75) is 20.1 Å². The van der Waals surface area contributed by atoms with E-state index in [0.717, 1.165) is 5.56 Å². The second-order valence-electron chi connectivity index (χ2n) is 5.63. The molecule has 0 spiro atoms. The highest BCUT2D eigenvalue weighted by Gasteiger charge is 2.11. The highest BCUT2D eigenvalue weighted by molar-refractivity contribution is 5.93. The summed E-state index contributed by atoms with van der Waals surface area (Å²) < 4.78 is 34.5. The minimum absolute atomic E-state index is 0.0761. The molecule has 0 fully saturated rings. The number of hydrogen-bond acceptors (Lipinski definition) is 4. The molecule has 2 aromatic rings. The molecule has 0 saturated carbocycles. The van der Waals surface area contributed by atoms with Gasteiger partial charge < -0.3 is 20.5 Å². The van der Waals surface area contributed by atoms with Crippen molar-refractivity contribution in [1.29, 1.82) is 0 Å². The second kappa shape index (κ2) is 10.1. The molecule has 8 heteroatoms. The van der Waals surface area contributed by atoms with Gasteiger partial charge in [-0.1, -0.05) is 18.2 Å². The number of amides is 2. The van der Waals surface area contributed by atoms with E-state index >= 15 is 0 Å². The van der Waals surface area contributed by atoms with E-state index in [2.05, 4.69) is 10.1 Å². The van der Waals surface area contributed by atoms with Crippen LogP contribution in [0, 0.1) is 0 Å². The zero-order valence-corrected chi connectivity index (χ0v) is 15.2. The van der Waals surface area contributed by atoms with Gasteiger partial charge in [0.15, 0.2) is 11.5 Å². The van der Waals surface area contributed by atoms with E-state index in [-0.39, 0.29) is 30.6 Å². The Labute approximate surface area is 160 Å². The van der Waals surface area contributed by atoms with Gasteiger partial charge >= 0.3 is 6.61 Å². The Balaban J connectivity index is 2.00. The minimum Gasteiger partial charge on any atom is -0.490 e. The molecule has 2 rings (SSSR count). The van der Waals surface area contributed by atoms with E-state index in [1.165, 1.54) is 30.4 Å².